The van der Waals surface area contributed by atoms with Crippen molar-refractivity contribution >= 4 is 11.9 Å². The number of pyridine rings is 1. The molecule has 0 unspecified atom stereocenters. The number of aromatic nitrogens is 1. The first-order chi connectivity index (χ1) is 8.79. The van der Waals surface area contributed by atoms with Crippen LogP contribution in [0.1, 0.15) is 25.0 Å². The summed E-state index contributed by atoms with van der Waals surface area (Å²) in [5.74, 6) is 0. The van der Waals surface area contributed by atoms with Gasteiger partial charge in [0.15, 0.2) is 0 Å². The zero-order valence-corrected chi connectivity index (χ0v) is 9.87. The Balaban J connectivity index is 2.21. The van der Waals surface area contributed by atoms with Gasteiger partial charge in [0.2, 0.25) is 0 Å². The maximum absolute atomic E-state index is 8.84. The van der Waals surface area contributed by atoms with Crippen molar-refractivity contribution in [3.8, 4) is 12.1 Å². The molecule has 4 heteroatoms. The Labute approximate surface area is 106 Å². The van der Waals surface area contributed by atoms with Crippen molar-refractivity contribution in [2.75, 3.05) is 0 Å². The Morgan fingerprint density at radius 1 is 1.22 bits per heavy atom. The molecular formula is C14H12N4. The Morgan fingerprint density at radius 3 is 2.50 bits per heavy atom. The fourth-order valence-electron chi connectivity index (χ4n) is 1.91. The van der Waals surface area contributed by atoms with Gasteiger partial charge < -0.3 is 0 Å². The zero-order chi connectivity index (χ0) is 12.8. The summed E-state index contributed by atoms with van der Waals surface area (Å²) in [5, 5.41) is 17.7. The predicted molar refractivity (Wildman–Crippen MR) is 68.2 cm³/mol. The smallest absolute Gasteiger partial charge is 0.0882 e. The molecule has 0 bridgehead atoms. The van der Waals surface area contributed by atoms with Gasteiger partial charge in [-0.1, -0.05) is 12.1 Å². The molecule has 88 valence electrons. The third kappa shape index (κ3) is 2.44. The van der Waals surface area contributed by atoms with Crippen LogP contribution in [0.25, 0.3) is 5.70 Å². The number of hydrogen-bond donors (Lipinski definition) is 0. The molecule has 1 aliphatic rings. The van der Waals surface area contributed by atoms with Gasteiger partial charge in [-0.2, -0.15) is 10.5 Å². The summed E-state index contributed by atoms with van der Waals surface area (Å²) in [4.78, 5) is 8.59. The fraction of sp³-hybridized carbons (Fsp3) is 0.286. The van der Waals surface area contributed by atoms with Crippen molar-refractivity contribution in [2.24, 2.45) is 10.4 Å². The Kier molecular flexibility index (Phi) is 3.50. The third-order valence-electron chi connectivity index (χ3n) is 2.97. The Bertz CT molecular complexity index is 542. The molecular weight excluding hydrogens is 224 g/mol. The summed E-state index contributed by atoms with van der Waals surface area (Å²) < 4.78 is 0. The fourth-order valence-corrected chi connectivity index (χ4v) is 1.91. The van der Waals surface area contributed by atoms with Gasteiger partial charge in [-0.15, -0.1) is 0 Å². The summed E-state index contributed by atoms with van der Waals surface area (Å²) >= 11 is 0. The van der Waals surface area contributed by atoms with Crippen LogP contribution in [0.3, 0.4) is 0 Å². The molecule has 2 heterocycles. The number of hydrogen-bond acceptors (Lipinski definition) is 4. The van der Waals surface area contributed by atoms with Gasteiger partial charge in [-0.25, -0.2) is 0 Å². The SMILES string of the molecule is N#CCC1(CC#N)C=NC(c2ccccn2)=CC1. The highest BCUT2D eigenvalue weighted by Crippen LogP contribution is 2.34. The van der Waals surface area contributed by atoms with Crippen molar-refractivity contribution in [1.82, 2.24) is 4.98 Å². The highest BCUT2D eigenvalue weighted by Gasteiger charge is 2.29. The van der Waals surface area contributed by atoms with Crippen LogP contribution in [0.2, 0.25) is 0 Å². The quantitative estimate of drug-likeness (QED) is 0.809. The van der Waals surface area contributed by atoms with Gasteiger partial charge in [-0.05, 0) is 18.6 Å². The van der Waals surface area contributed by atoms with Gasteiger partial charge in [-0.3, -0.25) is 9.98 Å². The van der Waals surface area contributed by atoms with Crippen LogP contribution in [0.4, 0.5) is 0 Å². The average molecular weight is 236 g/mol. The second-order valence-electron chi connectivity index (χ2n) is 4.30. The first kappa shape index (κ1) is 12.0. The molecule has 1 aliphatic heterocycles. The van der Waals surface area contributed by atoms with E-state index in [-0.39, 0.29) is 0 Å². The van der Waals surface area contributed by atoms with Crippen molar-refractivity contribution in [2.45, 2.75) is 19.3 Å². The second kappa shape index (κ2) is 5.25. The van der Waals surface area contributed by atoms with E-state index in [4.69, 9.17) is 10.5 Å². The van der Waals surface area contributed by atoms with E-state index >= 15 is 0 Å². The van der Waals surface area contributed by atoms with E-state index in [1.54, 1.807) is 12.4 Å². The molecule has 0 fully saturated rings. The van der Waals surface area contributed by atoms with Crippen LogP contribution in [0, 0.1) is 28.1 Å². The summed E-state index contributed by atoms with van der Waals surface area (Å²) in [7, 11) is 0. The highest BCUT2D eigenvalue weighted by molar-refractivity contribution is 5.79. The monoisotopic (exact) mass is 236 g/mol. The maximum atomic E-state index is 8.84. The van der Waals surface area contributed by atoms with Crippen molar-refractivity contribution < 1.29 is 0 Å². The van der Waals surface area contributed by atoms with E-state index in [2.05, 4.69) is 22.1 Å². The molecule has 0 aromatic carbocycles. The lowest BCUT2D eigenvalue weighted by atomic mass is 9.78. The van der Waals surface area contributed by atoms with E-state index in [0.717, 1.165) is 11.4 Å². The topological polar surface area (TPSA) is 72.8 Å². The average Bonchev–Trinajstić information content (AvgIpc) is 2.41. The zero-order valence-electron chi connectivity index (χ0n) is 9.87. The standard InChI is InChI=1S/C14H12N4/c15-8-6-14(7-9-16)5-4-13(18-11-14)12-3-1-2-10-17-12/h1-4,10-11H,5-7H2. The Morgan fingerprint density at radius 2 is 2.00 bits per heavy atom. The predicted octanol–water partition coefficient (Wildman–Crippen LogP) is 2.71. The molecule has 0 N–H and O–H groups in total. The first-order valence-corrected chi connectivity index (χ1v) is 5.70. The van der Waals surface area contributed by atoms with Gasteiger partial charge >= 0.3 is 0 Å². The van der Waals surface area contributed by atoms with Gasteiger partial charge in [0.05, 0.1) is 23.5 Å². The first-order valence-electron chi connectivity index (χ1n) is 5.70. The largest absolute Gasteiger partial charge is 0.259 e. The molecule has 0 radical (unpaired) electrons. The van der Waals surface area contributed by atoms with Gasteiger partial charge in [0.1, 0.15) is 0 Å². The molecule has 0 saturated carbocycles. The minimum absolute atomic E-state index is 0.316. The summed E-state index contributed by atoms with van der Waals surface area (Å²) in [5.41, 5.74) is 1.19. The lowest BCUT2D eigenvalue weighted by Gasteiger charge is -2.26. The Hall–Kier alpha value is -2.46. The minimum Gasteiger partial charge on any atom is -0.259 e. The minimum atomic E-state index is -0.429. The number of allylic oxidation sites excluding steroid dienone is 1. The molecule has 18 heavy (non-hydrogen) atoms. The van der Waals surface area contributed by atoms with Crippen LogP contribution in [-0.4, -0.2) is 11.2 Å². The van der Waals surface area contributed by atoms with Crippen molar-refractivity contribution in [1.29, 1.82) is 10.5 Å². The summed E-state index contributed by atoms with van der Waals surface area (Å²) in [6.45, 7) is 0. The number of rotatable bonds is 3. The molecule has 1 aromatic rings. The van der Waals surface area contributed by atoms with E-state index in [9.17, 15) is 0 Å². The molecule has 4 nitrogen and oxygen atoms in total. The molecule has 0 aliphatic carbocycles. The molecule has 0 saturated heterocycles. The van der Waals surface area contributed by atoms with E-state index in [1.165, 1.54) is 0 Å². The van der Waals surface area contributed by atoms with Crippen LogP contribution in [0.15, 0.2) is 35.5 Å². The molecule has 2 rings (SSSR count). The van der Waals surface area contributed by atoms with Crippen LogP contribution >= 0.6 is 0 Å². The molecule has 0 amide bonds. The maximum Gasteiger partial charge on any atom is 0.0882 e. The molecule has 0 atom stereocenters. The van der Waals surface area contributed by atoms with Gasteiger partial charge in [0, 0.05) is 30.7 Å². The lowest BCUT2D eigenvalue weighted by Crippen LogP contribution is -2.23. The lowest BCUT2D eigenvalue weighted by molar-refractivity contribution is 0.453. The summed E-state index contributed by atoms with van der Waals surface area (Å²) in [6.07, 6.45) is 6.70. The van der Waals surface area contributed by atoms with Crippen LogP contribution in [0.5, 0.6) is 0 Å². The van der Waals surface area contributed by atoms with Crippen molar-refractivity contribution in [3.63, 3.8) is 0 Å². The van der Waals surface area contributed by atoms with E-state index < -0.39 is 5.41 Å². The number of nitrogens with zero attached hydrogens (tertiary/aromatic N) is 4. The number of aliphatic imine (C=N–C) groups is 1. The third-order valence-corrected chi connectivity index (χ3v) is 2.97. The second-order valence-corrected chi connectivity index (χ2v) is 4.30. The van der Waals surface area contributed by atoms with Crippen LogP contribution in [-0.2, 0) is 0 Å². The molecule has 1 aromatic heterocycles. The molecule has 0 spiro atoms. The van der Waals surface area contributed by atoms with E-state index in [1.807, 2.05) is 24.3 Å². The van der Waals surface area contributed by atoms with E-state index in [0.29, 0.717) is 19.3 Å². The normalized spacial score (nSPS) is 16.4. The van der Waals surface area contributed by atoms with Gasteiger partial charge in [0.25, 0.3) is 0 Å². The summed E-state index contributed by atoms with van der Waals surface area (Å²) in [6, 6.07) is 9.92. The van der Waals surface area contributed by atoms with Crippen LogP contribution < -0.4 is 0 Å². The number of nitriles is 2. The highest BCUT2D eigenvalue weighted by atomic mass is 14.8. The van der Waals surface area contributed by atoms with Crippen molar-refractivity contribution in [3.05, 3.63) is 36.2 Å².